The summed E-state index contributed by atoms with van der Waals surface area (Å²) in [6.45, 7) is 0.663. The number of benzene rings is 3. The molecule has 3 aromatic carbocycles. The first-order valence-corrected chi connectivity index (χ1v) is 9.03. The highest BCUT2D eigenvalue weighted by atomic mass is 127. The van der Waals surface area contributed by atoms with Crippen LogP contribution in [0.15, 0.2) is 72.8 Å². The number of hydrogen-bond acceptors (Lipinski definition) is 4. The number of nitro benzene ring substituents is 1. The van der Waals surface area contributed by atoms with Crippen molar-refractivity contribution in [2.24, 2.45) is 0 Å². The lowest BCUT2D eigenvalue weighted by atomic mass is 10.2. The van der Waals surface area contributed by atoms with Crippen LogP contribution in [0, 0.1) is 13.7 Å². The first kappa shape index (κ1) is 18.2. The normalized spacial score (nSPS) is 10.3. The van der Waals surface area contributed by atoms with Gasteiger partial charge in [-0.05, 0) is 33.7 Å². The zero-order chi connectivity index (χ0) is 18.4. The Balaban J connectivity index is 1.83. The van der Waals surface area contributed by atoms with Crippen molar-refractivity contribution >= 4 is 28.3 Å². The van der Waals surface area contributed by atoms with Gasteiger partial charge in [-0.3, -0.25) is 10.1 Å². The average Bonchev–Trinajstić information content (AvgIpc) is 2.67. The third kappa shape index (κ3) is 4.72. The molecule has 0 N–H and O–H groups in total. The molecular weight excluding hydrogens is 445 g/mol. The molecule has 0 spiro atoms. The number of nitrogens with zero attached hydrogens (tertiary/aromatic N) is 1. The van der Waals surface area contributed by atoms with E-state index >= 15 is 0 Å². The van der Waals surface area contributed by atoms with Crippen LogP contribution in [0.3, 0.4) is 0 Å². The zero-order valence-corrected chi connectivity index (χ0v) is 16.0. The second-order valence-electron chi connectivity index (χ2n) is 5.56. The van der Waals surface area contributed by atoms with Crippen LogP contribution in [-0.4, -0.2) is 4.92 Å². The third-order valence-electron chi connectivity index (χ3n) is 3.68. The van der Waals surface area contributed by atoms with E-state index in [1.54, 1.807) is 6.07 Å². The Morgan fingerprint density at radius 1 is 0.808 bits per heavy atom. The fourth-order valence-corrected chi connectivity index (χ4v) is 3.00. The Hall–Kier alpha value is -2.61. The van der Waals surface area contributed by atoms with Crippen LogP contribution < -0.4 is 9.47 Å². The molecule has 0 heterocycles. The summed E-state index contributed by atoms with van der Waals surface area (Å²) in [5.74, 6) is 0.844. The van der Waals surface area contributed by atoms with Crippen molar-refractivity contribution < 1.29 is 14.4 Å². The molecule has 0 unspecified atom stereocenters. The first-order chi connectivity index (χ1) is 12.6. The summed E-state index contributed by atoms with van der Waals surface area (Å²) in [5, 5.41) is 11.2. The maximum Gasteiger partial charge on any atom is 0.286 e. The molecule has 0 aromatic heterocycles. The van der Waals surface area contributed by atoms with Gasteiger partial charge in [0.1, 0.15) is 13.2 Å². The molecule has 0 saturated heterocycles. The minimum Gasteiger partial charge on any atom is -0.485 e. The predicted molar refractivity (Wildman–Crippen MR) is 107 cm³/mol. The van der Waals surface area contributed by atoms with E-state index in [2.05, 4.69) is 0 Å². The third-order valence-corrected chi connectivity index (χ3v) is 4.55. The highest BCUT2D eigenvalue weighted by Gasteiger charge is 2.18. The van der Waals surface area contributed by atoms with Crippen molar-refractivity contribution in [2.75, 3.05) is 0 Å². The van der Waals surface area contributed by atoms with E-state index in [-0.39, 0.29) is 5.69 Å². The SMILES string of the molecule is O=[N+]([O-])c1cc(OCc2ccccc2)c(OCc2ccccc2)cc1I. The van der Waals surface area contributed by atoms with E-state index in [0.29, 0.717) is 28.3 Å². The van der Waals surface area contributed by atoms with Gasteiger partial charge in [0.05, 0.1) is 14.6 Å². The molecule has 0 saturated carbocycles. The Labute approximate surface area is 164 Å². The van der Waals surface area contributed by atoms with Gasteiger partial charge in [-0.1, -0.05) is 60.7 Å². The average molecular weight is 461 g/mol. The van der Waals surface area contributed by atoms with Crippen LogP contribution in [0.2, 0.25) is 0 Å². The van der Waals surface area contributed by atoms with Crippen molar-refractivity contribution in [3.63, 3.8) is 0 Å². The predicted octanol–water partition coefficient (Wildman–Crippen LogP) is 5.36. The minimum absolute atomic E-state index is 0.000669. The van der Waals surface area contributed by atoms with Crippen LogP contribution in [0.1, 0.15) is 11.1 Å². The monoisotopic (exact) mass is 461 g/mol. The van der Waals surface area contributed by atoms with Gasteiger partial charge in [-0.25, -0.2) is 0 Å². The molecular formula is C20H16INO4. The number of halogens is 1. The lowest BCUT2D eigenvalue weighted by molar-refractivity contribution is -0.385. The second-order valence-corrected chi connectivity index (χ2v) is 6.72. The largest absolute Gasteiger partial charge is 0.485 e. The van der Waals surface area contributed by atoms with E-state index in [1.807, 2.05) is 83.3 Å². The van der Waals surface area contributed by atoms with Crippen molar-refractivity contribution in [3.8, 4) is 11.5 Å². The van der Waals surface area contributed by atoms with Gasteiger partial charge in [0, 0.05) is 6.07 Å². The molecule has 0 amide bonds. The van der Waals surface area contributed by atoms with Crippen LogP contribution in [0.4, 0.5) is 5.69 Å². The van der Waals surface area contributed by atoms with Crippen LogP contribution in [0.25, 0.3) is 0 Å². The van der Waals surface area contributed by atoms with Gasteiger partial charge in [0.25, 0.3) is 5.69 Å². The summed E-state index contributed by atoms with van der Waals surface area (Å²) in [5.41, 5.74) is 1.98. The highest BCUT2D eigenvalue weighted by Crippen LogP contribution is 2.36. The molecule has 3 aromatic rings. The maximum atomic E-state index is 11.2. The highest BCUT2D eigenvalue weighted by molar-refractivity contribution is 14.1. The smallest absolute Gasteiger partial charge is 0.286 e. The fraction of sp³-hybridized carbons (Fsp3) is 0.100. The molecule has 0 atom stereocenters. The molecule has 0 radical (unpaired) electrons. The number of hydrogen-bond donors (Lipinski definition) is 0. The topological polar surface area (TPSA) is 61.6 Å². The van der Waals surface area contributed by atoms with Crippen molar-refractivity contribution in [1.29, 1.82) is 0 Å². The van der Waals surface area contributed by atoms with Crippen molar-refractivity contribution in [2.45, 2.75) is 13.2 Å². The maximum absolute atomic E-state index is 11.2. The van der Waals surface area contributed by atoms with E-state index in [9.17, 15) is 10.1 Å². The molecule has 6 heteroatoms. The first-order valence-electron chi connectivity index (χ1n) is 7.95. The van der Waals surface area contributed by atoms with Crippen molar-refractivity contribution in [3.05, 3.63) is 97.6 Å². The van der Waals surface area contributed by atoms with Gasteiger partial charge in [0.15, 0.2) is 11.5 Å². The van der Waals surface area contributed by atoms with Gasteiger partial charge in [-0.2, -0.15) is 0 Å². The summed E-state index contributed by atoms with van der Waals surface area (Å²) in [7, 11) is 0. The number of rotatable bonds is 7. The number of nitro groups is 1. The summed E-state index contributed by atoms with van der Waals surface area (Å²) >= 11 is 1.94. The van der Waals surface area contributed by atoms with Gasteiger partial charge in [0.2, 0.25) is 0 Å². The summed E-state index contributed by atoms with van der Waals surface area (Å²) in [6, 6.07) is 22.4. The molecule has 5 nitrogen and oxygen atoms in total. The van der Waals surface area contributed by atoms with Gasteiger partial charge >= 0.3 is 0 Å². The van der Waals surface area contributed by atoms with E-state index < -0.39 is 4.92 Å². The molecule has 0 aliphatic heterocycles. The molecule has 0 aliphatic carbocycles. The van der Waals surface area contributed by atoms with Crippen LogP contribution in [-0.2, 0) is 13.2 Å². The lowest BCUT2D eigenvalue weighted by Gasteiger charge is -2.14. The van der Waals surface area contributed by atoms with E-state index in [4.69, 9.17) is 9.47 Å². The lowest BCUT2D eigenvalue weighted by Crippen LogP contribution is -2.02. The van der Waals surface area contributed by atoms with Crippen molar-refractivity contribution in [1.82, 2.24) is 0 Å². The van der Waals surface area contributed by atoms with Crippen LogP contribution >= 0.6 is 22.6 Å². The molecule has 132 valence electrons. The molecule has 3 rings (SSSR count). The van der Waals surface area contributed by atoms with E-state index in [0.717, 1.165) is 11.1 Å². The summed E-state index contributed by atoms with van der Waals surface area (Å²) in [4.78, 5) is 10.8. The second kappa shape index (κ2) is 8.66. The summed E-state index contributed by atoms with van der Waals surface area (Å²) in [6.07, 6.45) is 0. The molecule has 0 fully saturated rings. The Morgan fingerprint density at radius 2 is 1.27 bits per heavy atom. The standard InChI is InChI=1S/C20H16INO4/c21-17-11-19(25-13-15-7-3-1-4-8-15)20(12-18(17)22(23)24)26-14-16-9-5-2-6-10-16/h1-12H,13-14H2. The van der Waals surface area contributed by atoms with Gasteiger partial charge in [-0.15, -0.1) is 0 Å². The molecule has 26 heavy (non-hydrogen) atoms. The number of ether oxygens (including phenoxy) is 2. The van der Waals surface area contributed by atoms with Gasteiger partial charge < -0.3 is 9.47 Å². The zero-order valence-electron chi connectivity index (χ0n) is 13.8. The molecule has 0 aliphatic rings. The summed E-state index contributed by atoms with van der Waals surface area (Å²) < 4.78 is 12.2. The quantitative estimate of drug-likeness (QED) is 0.270. The molecule has 0 bridgehead atoms. The van der Waals surface area contributed by atoms with E-state index in [1.165, 1.54) is 6.07 Å². The van der Waals surface area contributed by atoms with Crippen LogP contribution in [0.5, 0.6) is 11.5 Å². The Kier molecular flexibility index (Phi) is 6.06. The Morgan fingerprint density at radius 3 is 1.73 bits per heavy atom. The fourth-order valence-electron chi connectivity index (χ4n) is 2.36. The minimum atomic E-state index is -0.419. The Bertz CT molecular complexity index is 885.